The van der Waals surface area contributed by atoms with Crippen molar-refractivity contribution in [2.24, 2.45) is 0 Å². The van der Waals surface area contributed by atoms with Crippen LogP contribution in [0.25, 0.3) is 16.9 Å². The molecule has 4 aromatic heterocycles. The first-order chi connectivity index (χ1) is 16.3. The second-order valence-electron chi connectivity index (χ2n) is 8.22. The van der Waals surface area contributed by atoms with Crippen LogP contribution in [0.2, 0.25) is 0 Å². The number of amides is 1. The number of aromatic nitrogens is 4. The smallest absolute Gasteiger partial charge is 0.255 e. The van der Waals surface area contributed by atoms with E-state index < -0.39 is 17.7 Å². The minimum absolute atomic E-state index is 0.191. The molecule has 0 radical (unpaired) electrons. The summed E-state index contributed by atoms with van der Waals surface area (Å²) < 4.78 is 15.8. The molecule has 0 aliphatic carbocycles. The molecule has 1 atom stereocenters. The van der Waals surface area contributed by atoms with Crippen molar-refractivity contribution in [2.75, 3.05) is 11.9 Å². The summed E-state index contributed by atoms with van der Waals surface area (Å²) in [7, 11) is 0. The fraction of sp³-hybridized carbons (Fsp3) is 0.208. The fourth-order valence-electron chi connectivity index (χ4n) is 3.25. The molecule has 1 amide bonds. The van der Waals surface area contributed by atoms with Gasteiger partial charge in [-0.05, 0) is 50.2 Å². The van der Waals surface area contributed by atoms with Crippen LogP contribution in [0, 0.1) is 11.3 Å². The number of nitrogens with zero attached hydrogens (tertiary/aromatic N) is 5. The van der Waals surface area contributed by atoms with Gasteiger partial charge in [0.25, 0.3) is 5.91 Å². The number of rotatable bonds is 7. The van der Waals surface area contributed by atoms with Crippen molar-refractivity contribution in [3.63, 3.8) is 0 Å². The number of hydrogen-bond donors (Lipinski definition) is 3. The fourth-order valence-corrected chi connectivity index (χ4v) is 3.25. The topological polar surface area (TPSA) is 128 Å². The van der Waals surface area contributed by atoms with Gasteiger partial charge in [0.2, 0.25) is 0 Å². The first kappa shape index (κ1) is 22.8. The molecule has 0 aliphatic rings. The van der Waals surface area contributed by atoms with Crippen molar-refractivity contribution in [3.05, 3.63) is 72.3 Å². The van der Waals surface area contributed by atoms with Crippen LogP contribution in [-0.2, 0) is 0 Å². The Morgan fingerprint density at radius 1 is 1.26 bits per heavy atom. The quantitative estimate of drug-likeness (QED) is 0.387. The van der Waals surface area contributed by atoms with E-state index in [2.05, 4.69) is 31.8 Å². The van der Waals surface area contributed by atoms with Gasteiger partial charge in [-0.15, -0.1) is 0 Å². The van der Waals surface area contributed by atoms with E-state index in [0.29, 0.717) is 28.3 Å². The lowest BCUT2D eigenvalue weighted by atomic mass is 10.0. The van der Waals surface area contributed by atoms with Gasteiger partial charge in [-0.25, -0.2) is 8.91 Å². The third-order valence-corrected chi connectivity index (χ3v) is 5.19. The van der Waals surface area contributed by atoms with Crippen LogP contribution in [0.4, 0.5) is 15.8 Å². The molecule has 0 saturated heterocycles. The molecule has 0 fully saturated rings. The normalized spacial score (nSPS) is 12.2. The summed E-state index contributed by atoms with van der Waals surface area (Å²) in [4.78, 5) is 21.4. The Morgan fingerprint density at radius 2 is 2.09 bits per heavy atom. The maximum absolute atomic E-state index is 14.2. The summed E-state index contributed by atoms with van der Waals surface area (Å²) >= 11 is 0. The number of nitrogens with one attached hydrogen (secondary N) is 2. The number of aliphatic hydroxyl groups is 1. The highest BCUT2D eigenvalue weighted by Crippen LogP contribution is 2.27. The molecule has 0 bridgehead atoms. The van der Waals surface area contributed by atoms with Crippen LogP contribution >= 0.6 is 0 Å². The van der Waals surface area contributed by atoms with Crippen molar-refractivity contribution in [1.29, 1.82) is 5.26 Å². The Labute approximate surface area is 194 Å². The third-order valence-electron chi connectivity index (χ3n) is 5.19. The van der Waals surface area contributed by atoms with E-state index in [4.69, 9.17) is 5.26 Å². The van der Waals surface area contributed by atoms with Crippen molar-refractivity contribution in [1.82, 2.24) is 24.9 Å². The number of hydrogen-bond acceptors (Lipinski definition) is 7. The Balaban J connectivity index is 1.70. The van der Waals surface area contributed by atoms with E-state index in [1.165, 1.54) is 26.2 Å². The maximum atomic E-state index is 14.2. The van der Waals surface area contributed by atoms with Gasteiger partial charge in [0, 0.05) is 12.4 Å². The maximum Gasteiger partial charge on any atom is 0.255 e. The highest BCUT2D eigenvalue weighted by Gasteiger charge is 2.27. The molecule has 9 nitrogen and oxygen atoms in total. The second-order valence-corrected chi connectivity index (χ2v) is 8.22. The molecular weight excluding hydrogens is 437 g/mol. The number of anilines is 2. The van der Waals surface area contributed by atoms with Gasteiger partial charge in [0.05, 0.1) is 63.9 Å². The van der Waals surface area contributed by atoms with Crippen LogP contribution in [0.15, 0.2) is 61.2 Å². The number of alkyl halides is 1. The molecule has 4 heterocycles. The van der Waals surface area contributed by atoms with Gasteiger partial charge in [0.1, 0.15) is 12.2 Å². The van der Waals surface area contributed by atoms with E-state index in [9.17, 15) is 14.3 Å². The number of nitriles is 1. The number of fused-ring (bicyclic) bond motifs is 1. The van der Waals surface area contributed by atoms with Crippen LogP contribution in [0.5, 0.6) is 0 Å². The Kier molecular flexibility index (Phi) is 6.21. The summed E-state index contributed by atoms with van der Waals surface area (Å²) in [5.74, 6) is -0.547. The Morgan fingerprint density at radius 3 is 2.79 bits per heavy atom. The second kappa shape index (κ2) is 9.25. The summed E-state index contributed by atoms with van der Waals surface area (Å²) in [6, 6.07) is 12.6. The van der Waals surface area contributed by atoms with Crippen LogP contribution in [0.1, 0.15) is 29.8 Å². The van der Waals surface area contributed by atoms with E-state index in [1.807, 2.05) is 12.1 Å². The van der Waals surface area contributed by atoms with Gasteiger partial charge >= 0.3 is 0 Å². The average Bonchev–Trinajstić information content (AvgIpc) is 3.25. The number of carbonyl (C=O) groups excluding carboxylic acids is 1. The van der Waals surface area contributed by atoms with E-state index >= 15 is 0 Å². The lowest BCUT2D eigenvalue weighted by Gasteiger charge is -2.22. The third kappa shape index (κ3) is 4.84. The predicted molar refractivity (Wildman–Crippen MR) is 124 cm³/mol. The molecule has 0 aromatic carbocycles. The van der Waals surface area contributed by atoms with Gasteiger partial charge in [0.15, 0.2) is 0 Å². The van der Waals surface area contributed by atoms with Gasteiger partial charge in [-0.3, -0.25) is 14.8 Å². The van der Waals surface area contributed by atoms with Crippen molar-refractivity contribution < 1.29 is 14.3 Å². The minimum atomic E-state index is -1.64. The molecule has 3 N–H and O–H groups in total. The highest BCUT2D eigenvalue weighted by atomic mass is 19.1. The summed E-state index contributed by atoms with van der Waals surface area (Å²) in [5.41, 5.74) is 2.03. The Hall–Kier alpha value is -4.36. The summed E-state index contributed by atoms with van der Waals surface area (Å²) in [6.07, 6.45) is 4.44. The van der Waals surface area contributed by atoms with Gasteiger partial charge in [-0.1, -0.05) is 0 Å². The van der Waals surface area contributed by atoms with E-state index in [0.717, 1.165) is 5.52 Å². The first-order valence-corrected chi connectivity index (χ1v) is 10.5. The largest absolute Gasteiger partial charge is 0.387 e. The number of halogens is 1. The minimum Gasteiger partial charge on any atom is -0.387 e. The number of carbonyl (C=O) groups is 1. The zero-order chi connectivity index (χ0) is 24.3. The van der Waals surface area contributed by atoms with Crippen molar-refractivity contribution in [3.8, 4) is 17.5 Å². The summed E-state index contributed by atoms with van der Waals surface area (Å²) in [6.45, 7) is 2.32. The zero-order valence-electron chi connectivity index (χ0n) is 18.5. The van der Waals surface area contributed by atoms with Gasteiger partial charge in [-0.2, -0.15) is 10.4 Å². The number of pyridine rings is 2. The Bertz CT molecular complexity index is 1370. The molecule has 0 aliphatic heterocycles. The predicted octanol–water partition coefficient (Wildman–Crippen LogP) is 3.25. The molecule has 172 valence electrons. The van der Waals surface area contributed by atoms with Gasteiger partial charge < -0.3 is 15.7 Å². The standard InChI is InChI=1S/C24H22FN7O2/c1-24(2,34)22(25)14-29-23(33)18-13-28-20(9-19(18)31-16-4-3-7-27-12-16)21-6-5-17-8-15(10-26)11-30-32(17)21/h3-9,11-13,22,34H,14H2,1-2H3,(H,28,31)(H,29,33)/t22-/m1/s1. The van der Waals surface area contributed by atoms with Crippen molar-refractivity contribution >= 4 is 22.8 Å². The van der Waals surface area contributed by atoms with Crippen LogP contribution < -0.4 is 10.6 Å². The average molecular weight is 459 g/mol. The lowest BCUT2D eigenvalue weighted by Crippen LogP contribution is -2.42. The molecule has 4 aromatic rings. The SMILES string of the molecule is CC(C)(O)[C@H](F)CNC(=O)c1cnc(-c2ccc3cc(C#N)cnn23)cc1Nc1cccnc1. The van der Waals surface area contributed by atoms with Crippen molar-refractivity contribution in [2.45, 2.75) is 25.6 Å². The molecule has 10 heteroatoms. The van der Waals surface area contributed by atoms with Crippen LogP contribution in [-0.4, -0.2) is 48.9 Å². The first-order valence-electron chi connectivity index (χ1n) is 10.5. The molecular formula is C24H22FN7O2. The molecule has 0 spiro atoms. The zero-order valence-corrected chi connectivity index (χ0v) is 18.5. The highest BCUT2D eigenvalue weighted by molar-refractivity contribution is 6.00. The van der Waals surface area contributed by atoms with E-state index in [-0.39, 0.29) is 12.1 Å². The van der Waals surface area contributed by atoms with E-state index in [1.54, 1.807) is 41.2 Å². The summed E-state index contributed by atoms with van der Waals surface area (Å²) in [5, 5.41) is 28.9. The molecule has 4 rings (SSSR count). The molecule has 0 saturated carbocycles. The molecule has 34 heavy (non-hydrogen) atoms. The van der Waals surface area contributed by atoms with Crippen LogP contribution in [0.3, 0.4) is 0 Å². The lowest BCUT2D eigenvalue weighted by molar-refractivity contribution is -0.00177. The molecule has 0 unspecified atom stereocenters. The monoisotopic (exact) mass is 459 g/mol.